The van der Waals surface area contributed by atoms with Crippen molar-refractivity contribution < 1.29 is 21.6 Å². The molecule has 3 rings (SSSR count). The Morgan fingerprint density at radius 1 is 1.19 bits per heavy atom. The Bertz CT molecular complexity index is 922. The van der Waals surface area contributed by atoms with Crippen LogP contribution in [-0.2, 0) is 19.9 Å². The second-order valence-electron chi connectivity index (χ2n) is 7.19. The van der Waals surface area contributed by atoms with Gasteiger partial charge in [0.25, 0.3) is 5.91 Å². The zero-order valence-electron chi connectivity index (χ0n) is 15.5. The van der Waals surface area contributed by atoms with Crippen molar-refractivity contribution in [1.29, 1.82) is 0 Å². The highest BCUT2D eigenvalue weighted by molar-refractivity contribution is 7.91. The van der Waals surface area contributed by atoms with E-state index >= 15 is 0 Å². The molecule has 2 fully saturated rings. The number of nitrogens with zero attached hydrogens (tertiary/aromatic N) is 3. The van der Waals surface area contributed by atoms with E-state index in [1.54, 1.807) is 31.2 Å². The highest BCUT2D eigenvalue weighted by Gasteiger charge is 2.37. The number of rotatable bonds is 5. The van der Waals surface area contributed by atoms with E-state index in [9.17, 15) is 21.6 Å². The highest BCUT2D eigenvalue weighted by Crippen LogP contribution is 2.24. The first-order valence-electron chi connectivity index (χ1n) is 8.93. The molecule has 2 aliphatic rings. The standard InChI is InChI=1S/C17H25N3O5S2/c1-18(2)20(15-8-11-26(22,23)13-15)17(21)14-6-5-7-16(12-14)27(24,25)19-9-3-4-10-19/h5-7,12,15H,3-4,8-11,13H2,1-2H3/t15-/m0/s1. The van der Waals surface area contributed by atoms with Crippen LogP contribution in [0.3, 0.4) is 0 Å². The Morgan fingerprint density at radius 3 is 2.41 bits per heavy atom. The summed E-state index contributed by atoms with van der Waals surface area (Å²) in [5.74, 6) is -0.429. The minimum atomic E-state index is -3.63. The van der Waals surface area contributed by atoms with Crippen molar-refractivity contribution in [1.82, 2.24) is 14.3 Å². The molecule has 10 heteroatoms. The number of benzene rings is 1. The molecule has 27 heavy (non-hydrogen) atoms. The molecule has 150 valence electrons. The number of sulfonamides is 1. The summed E-state index contributed by atoms with van der Waals surface area (Å²) in [5.41, 5.74) is 0.230. The van der Waals surface area contributed by atoms with Gasteiger partial charge in [0, 0.05) is 32.7 Å². The Hall–Kier alpha value is -1.49. The second kappa shape index (κ2) is 7.50. The Morgan fingerprint density at radius 2 is 1.85 bits per heavy atom. The van der Waals surface area contributed by atoms with Crippen molar-refractivity contribution in [2.45, 2.75) is 30.2 Å². The molecule has 1 atom stereocenters. The Labute approximate surface area is 160 Å². The fraction of sp³-hybridized carbons (Fsp3) is 0.588. The lowest BCUT2D eigenvalue weighted by molar-refractivity contribution is 0.000988. The molecule has 0 radical (unpaired) electrons. The molecule has 0 spiro atoms. The SMILES string of the molecule is CN(C)N(C(=O)c1cccc(S(=O)(=O)N2CCCC2)c1)[C@H]1CCS(=O)(=O)C1. The van der Waals surface area contributed by atoms with Gasteiger partial charge >= 0.3 is 0 Å². The summed E-state index contributed by atoms with van der Waals surface area (Å²) in [6.45, 7) is 0.981. The van der Waals surface area contributed by atoms with Crippen molar-refractivity contribution in [3.8, 4) is 0 Å². The molecule has 0 unspecified atom stereocenters. The fourth-order valence-electron chi connectivity index (χ4n) is 3.64. The van der Waals surface area contributed by atoms with Crippen molar-refractivity contribution in [2.24, 2.45) is 0 Å². The van der Waals surface area contributed by atoms with Crippen LogP contribution in [0, 0.1) is 0 Å². The van der Waals surface area contributed by atoms with Crippen LogP contribution in [0.1, 0.15) is 29.6 Å². The zero-order valence-corrected chi connectivity index (χ0v) is 17.2. The third-order valence-electron chi connectivity index (χ3n) is 4.98. The molecule has 2 aliphatic heterocycles. The molecule has 0 aliphatic carbocycles. The van der Waals surface area contributed by atoms with Crippen LogP contribution in [0.4, 0.5) is 0 Å². The van der Waals surface area contributed by atoms with Gasteiger partial charge in [0.1, 0.15) is 0 Å². The van der Waals surface area contributed by atoms with Crippen LogP contribution >= 0.6 is 0 Å². The molecule has 2 heterocycles. The van der Waals surface area contributed by atoms with Gasteiger partial charge in [0.15, 0.2) is 9.84 Å². The van der Waals surface area contributed by atoms with Gasteiger partial charge in [-0.3, -0.25) is 9.80 Å². The summed E-state index contributed by atoms with van der Waals surface area (Å²) < 4.78 is 50.6. The van der Waals surface area contributed by atoms with Gasteiger partial charge in [-0.1, -0.05) is 6.07 Å². The van der Waals surface area contributed by atoms with Crippen molar-refractivity contribution >= 4 is 25.8 Å². The van der Waals surface area contributed by atoms with Crippen molar-refractivity contribution in [3.63, 3.8) is 0 Å². The maximum atomic E-state index is 13.1. The minimum absolute atomic E-state index is 0.0542. The molecule has 1 aromatic rings. The van der Waals surface area contributed by atoms with Crippen molar-refractivity contribution in [2.75, 3.05) is 38.7 Å². The lowest BCUT2D eigenvalue weighted by atomic mass is 10.1. The molecule has 0 bridgehead atoms. The smallest absolute Gasteiger partial charge is 0.268 e. The van der Waals surface area contributed by atoms with Crippen LogP contribution in [0.15, 0.2) is 29.2 Å². The number of sulfone groups is 1. The lowest BCUT2D eigenvalue weighted by Gasteiger charge is -2.33. The number of carbonyl (C=O) groups is 1. The van der Waals surface area contributed by atoms with Crippen molar-refractivity contribution in [3.05, 3.63) is 29.8 Å². The minimum Gasteiger partial charge on any atom is -0.268 e. The quantitative estimate of drug-likeness (QED) is 0.653. The van der Waals surface area contributed by atoms with E-state index < -0.39 is 31.8 Å². The molecule has 2 saturated heterocycles. The third-order valence-corrected chi connectivity index (χ3v) is 8.62. The van der Waals surface area contributed by atoms with Crippen LogP contribution in [0.5, 0.6) is 0 Å². The maximum absolute atomic E-state index is 13.1. The monoisotopic (exact) mass is 415 g/mol. The summed E-state index contributed by atoms with van der Waals surface area (Å²) >= 11 is 0. The number of hydrogen-bond acceptors (Lipinski definition) is 6. The summed E-state index contributed by atoms with van der Waals surface area (Å²) in [7, 11) is -3.43. The van der Waals surface area contributed by atoms with E-state index in [2.05, 4.69) is 0 Å². The molecule has 8 nitrogen and oxygen atoms in total. The van der Waals surface area contributed by atoms with Gasteiger partial charge in [0.05, 0.1) is 22.4 Å². The first kappa shape index (κ1) is 20.2. The molecule has 0 aromatic heterocycles. The van der Waals surface area contributed by atoms with E-state index in [1.165, 1.54) is 21.4 Å². The van der Waals surface area contributed by atoms with E-state index in [1.807, 2.05) is 0 Å². The summed E-state index contributed by atoms with van der Waals surface area (Å²) in [4.78, 5) is 13.2. The van der Waals surface area contributed by atoms with E-state index in [4.69, 9.17) is 0 Å². The second-order valence-corrected chi connectivity index (χ2v) is 11.4. The Kier molecular flexibility index (Phi) is 5.62. The van der Waals surface area contributed by atoms with E-state index in [0.717, 1.165) is 12.8 Å². The Balaban J connectivity index is 1.90. The zero-order chi connectivity index (χ0) is 19.8. The summed E-state index contributed by atoms with van der Waals surface area (Å²) in [5, 5.41) is 2.97. The van der Waals surface area contributed by atoms with Gasteiger partial charge in [-0.15, -0.1) is 0 Å². The van der Waals surface area contributed by atoms with Crippen LogP contribution in [0.2, 0.25) is 0 Å². The van der Waals surface area contributed by atoms with Crippen LogP contribution in [0.25, 0.3) is 0 Å². The number of hydrazine groups is 1. The normalized spacial score (nSPS) is 23.0. The molecule has 1 aromatic carbocycles. The fourth-order valence-corrected chi connectivity index (χ4v) is 6.90. The van der Waals surface area contributed by atoms with Gasteiger partial charge in [-0.25, -0.2) is 21.8 Å². The average molecular weight is 416 g/mol. The van der Waals surface area contributed by atoms with E-state index in [-0.39, 0.29) is 22.0 Å². The number of amides is 1. The third kappa shape index (κ3) is 4.18. The predicted molar refractivity (Wildman–Crippen MR) is 101 cm³/mol. The molecule has 1 amide bonds. The van der Waals surface area contributed by atoms with Crippen LogP contribution in [-0.4, -0.2) is 81.8 Å². The maximum Gasteiger partial charge on any atom is 0.268 e. The van der Waals surface area contributed by atoms with Gasteiger partial charge in [0.2, 0.25) is 10.0 Å². The molecular formula is C17H25N3O5S2. The number of hydrogen-bond donors (Lipinski definition) is 0. The molecule has 0 N–H and O–H groups in total. The predicted octanol–water partition coefficient (Wildman–Crippen LogP) is 0.577. The van der Waals surface area contributed by atoms with Crippen LogP contribution < -0.4 is 0 Å². The average Bonchev–Trinajstić information content (AvgIpc) is 3.25. The number of carbonyl (C=O) groups excluding carboxylic acids is 1. The molecule has 0 saturated carbocycles. The lowest BCUT2D eigenvalue weighted by Crippen LogP contribution is -2.49. The van der Waals surface area contributed by atoms with Gasteiger partial charge in [-0.2, -0.15) is 4.31 Å². The highest BCUT2D eigenvalue weighted by atomic mass is 32.2. The first-order valence-corrected chi connectivity index (χ1v) is 12.2. The summed E-state index contributed by atoms with van der Waals surface area (Å²) in [6, 6.07) is 5.54. The summed E-state index contributed by atoms with van der Waals surface area (Å²) in [6.07, 6.45) is 2.04. The molecular weight excluding hydrogens is 390 g/mol. The van der Waals surface area contributed by atoms with Gasteiger partial charge < -0.3 is 0 Å². The van der Waals surface area contributed by atoms with E-state index in [0.29, 0.717) is 19.5 Å². The first-order chi connectivity index (χ1) is 12.6. The largest absolute Gasteiger partial charge is 0.268 e. The van der Waals surface area contributed by atoms with Gasteiger partial charge in [-0.05, 0) is 37.5 Å². The topological polar surface area (TPSA) is 95.1 Å².